The Bertz CT molecular complexity index is 1180. The first-order valence-electron chi connectivity index (χ1n) is 7.91. The van der Waals surface area contributed by atoms with Crippen LogP contribution < -0.4 is 5.43 Å². The van der Waals surface area contributed by atoms with Crippen molar-refractivity contribution in [2.24, 2.45) is 0 Å². The van der Waals surface area contributed by atoms with Gasteiger partial charge in [-0.25, -0.2) is 0 Å². The van der Waals surface area contributed by atoms with Crippen LogP contribution in [-0.4, -0.2) is 15.3 Å². The summed E-state index contributed by atoms with van der Waals surface area (Å²) >= 11 is 0. The Morgan fingerprint density at radius 3 is 2.12 bits per heavy atom. The molecule has 3 N–H and O–H groups in total. The van der Waals surface area contributed by atoms with Crippen LogP contribution in [0.15, 0.2) is 75.9 Å². The molecule has 0 aliphatic rings. The van der Waals surface area contributed by atoms with E-state index in [9.17, 15) is 20.1 Å². The SMILES string of the molecule is O=c1cc(-c2ccc(O)c(O)c2)oc2cc(-c3ccccc3)cc(O)c12. The second-order valence-corrected chi connectivity index (χ2v) is 5.91. The van der Waals surface area contributed by atoms with Crippen molar-refractivity contribution in [3.63, 3.8) is 0 Å². The van der Waals surface area contributed by atoms with Gasteiger partial charge in [-0.05, 0) is 41.5 Å². The molecule has 5 nitrogen and oxygen atoms in total. The lowest BCUT2D eigenvalue weighted by Crippen LogP contribution is -2.01. The molecule has 0 saturated heterocycles. The number of fused-ring (bicyclic) bond motifs is 1. The largest absolute Gasteiger partial charge is 0.507 e. The van der Waals surface area contributed by atoms with Gasteiger partial charge in [-0.3, -0.25) is 4.79 Å². The molecule has 0 radical (unpaired) electrons. The molecule has 26 heavy (non-hydrogen) atoms. The molecule has 5 heteroatoms. The zero-order valence-electron chi connectivity index (χ0n) is 13.5. The van der Waals surface area contributed by atoms with Gasteiger partial charge in [0.2, 0.25) is 0 Å². The van der Waals surface area contributed by atoms with Crippen LogP contribution in [0.3, 0.4) is 0 Å². The zero-order chi connectivity index (χ0) is 18.3. The second kappa shape index (κ2) is 5.97. The summed E-state index contributed by atoms with van der Waals surface area (Å²) in [6, 6.07) is 18.0. The number of phenolic OH excluding ortho intramolecular Hbond substituents is 3. The summed E-state index contributed by atoms with van der Waals surface area (Å²) in [6.07, 6.45) is 0. The normalized spacial score (nSPS) is 10.9. The molecule has 0 fully saturated rings. The maximum absolute atomic E-state index is 12.5. The van der Waals surface area contributed by atoms with Gasteiger partial charge >= 0.3 is 0 Å². The lowest BCUT2D eigenvalue weighted by Gasteiger charge is -2.08. The quantitative estimate of drug-likeness (QED) is 0.472. The monoisotopic (exact) mass is 346 g/mol. The summed E-state index contributed by atoms with van der Waals surface area (Å²) < 4.78 is 5.81. The minimum Gasteiger partial charge on any atom is -0.507 e. The maximum atomic E-state index is 12.5. The maximum Gasteiger partial charge on any atom is 0.197 e. The van der Waals surface area contributed by atoms with Gasteiger partial charge in [0.25, 0.3) is 0 Å². The van der Waals surface area contributed by atoms with Crippen molar-refractivity contribution in [2.45, 2.75) is 0 Å². The molecule has 0 saturated carbocycles. The minimum atomic E-state index is -0.397. The average molecular weight is 346 g/mol. The highest BCUT2D eigenvalue weighted by molar-refractivity contribution is 5.89. The first kappa shape index (κ1) is 15.8. The number of benzene rings is 3. The van der Waals surface area contributed by atoms with Gasteiger partial charge in [0.05, 0.1) is 0 Å². The average Bonchev–Trinajstić information content (AvgIpc) is 2.64. The third-order valence-electron chi connectivity index (χ3n) is 4.18. The van der Waals surface area contributed by atoms with Crippen LogP contribution in [0.4, 0.5) is 0 Å². The van der Waals surface area contributed by atoms with Crippen LogP contribution in [0, 0.1) is 0 Å². The summed E-state index contributed by atoms with van der Waals surface area (Å²) in [4.78, 5) is 12.5. The molecule has 1 aromatic heterocycles. The minimum absolute atomic E-state index is 0.0939. The number of rotatable bonds is 2. The fraction of sp³-hybridized carbons (Fsp3) is 0. The fourth-order valence-electron chi connectivity index (χ4n) is 2.88. The van der Waals surface area contributed by atoms with Crippen molar-refractivity contribution in [3.8, 4) is 39.7 Å². The van der Waals surface area contributed by atoms with E-state index in [4.69, 9.17) is 4.42 Å². The lowest BCUT2D eigenvalue weighted by molar-refractivity contribution is 0.404. The van der Waals surface area contributed by atoms with Gasteiger partial charge in [0, 0.05) is 11.6 Å². The summed E-state index contributed by atoms with van der Waals surface area (Å²) in [6.45, 7) is 0. The molecule has 128 valence electrons. The number of phenols is 3. The molecule has 3 aromatic carbocycles. The van der Waals surface area contributed by atoms with Crippen LogP contribution in [0.1, 0.15) is 0 Å². The molecule has 0 aliphatic heterocycles. The topological polar surface area (TPSA) is 90.9 Å². The van der Waals surface area contributed by atoms with Crippen molar-refractivity contribution >= 4 is 11.0 Å². The van der Waals surface area contributed by atoms with Crippen LogP contribution >= 0.6 is 0 Å². The summed E-state index contributed by atoms with van der Waals surface area (Å²) in [5.41, 5.74) is 1.86. The molecule has 0 unspecified atom stereocenters. The van der Waals surface area contributed by atoms with Crippen LogP contribution in [0.25, 0.3) is 33.4 Å². The second-order valence-electron chi connectivity index (χ2n) is 5.91. The van der Waals surface area contributed by atoms with Crippen LogP contribution in [-0.2, 0) is 0 Å². The Morgan fingerprint density at radius 2 is 1.38 bits per heavy atom. The third kappa shape index (κ3) is 2.65. The van der Waals surface area contributed by atoms with Gasteiger partial charge in [-0.15, -0.1) is 0 Å². The van der Waals surface area contributed by atoms with Gasteiger partial charge in [-0.1, -0.05) is 30.3 Å². The molecular weight excluding hydrogens is 332 g/mol. The van der Waals surface area contributed by atoms with E-state index in [1.165, 1.54) is 30.3 Å². The Morgan fingerprint density at radius 1 is 0.654 bits per heavy atom. The molecule has 0 amide bonds. The highest BCUT2D eigenvalue weighted by Gasteiger charge is 2.14. The van der Waals surface area contributed by atoms with Gasteiger partial charge in [0.1, 0.15) is 22.5 Å². The first-order valence-corrected chi connectivity index (χ1v) is 7.91. The van der Waals surface area contributed by atoms with Gasteiger partial charge in [0.15, 0.2) is 16.9 Å². The van der Waals surface area contributed by atoms with Crippen LogP contribution in [0.5, 0.6) is 17.2 Å². The van der Waals surface area contributed by atoms with E-state index in [1.54, 1.807) is 6.07 Å². The Labute approximate surface area is 148 Å². The van der Waals surface area contributed by atoms with E-state index in [0.717, 1.165) is 5.56 Å². The fourth-order valence-corrected chi connectivity index (χ4v) is 2.88. The summed E-state index contributed by atoms with van der Waals surface area (Å²) in [5.74, 6) is -0.510. The van der Waals surface area contributed by atoms with Gasteiger partial charge < -0.3 is 19.7 Å². The Kier molecular flexibility index (Phi) is 3.62. The molecule has 4 rings (SSSR count). The van der Waals surface area contributed by atoms with Crippen molar-refractivity contribution in [2.75, 3.05) is 0 Å². The van der Waals surface area contributed by atoms with Crippen LogP contribution in [0.2, 0.25) is 0 Å². The van der Waals surface area contributed by atoms with E-state index in [-0.39, 0.29) is 34.0 Å². The van der Waals surface area contributed by atoms with Crippen molar-refractivity contribution in [3.05, 3.63) is 77.0 Å². The number of aromatic hydroxyl groups is 3. The van der Waals surface area contributed by atoms with E-state index in [0.29, 0.717) is 11.1 Å². The zero-order valence-corrected chi connectivity index (χ0v) is 13.5. The summed E-state index contributed by atoms with van der Waals surface area (Å²) in [7, 11) is 0. The molecule has 0 spiro atoms. The smallest absolute Gasteiger partial charge is 0.197 e. The van der Waals surface area contributed by atoms with E-state index in [2.05, 4.69) is 0 Å². The molecular formula is C21H14O5. The highest BCUT2D eigenvalue weighted by Crippen LogP contribution is 2.34. The lowest BCUT2D eigenvalue weighted by atomic mass is 10.0. The molecule has 1 heterocycles. The number of hydrogen-bond donors (Lipinski definition) is 3. The molecule has 0 atom stereocenters. The standard InChI is InChI=1S/C21H14O5/c22-15-7-6-13(8-16(15)23)19-11-18(25)21-17(24)9-14(10-20(21)26-19)12-4-2-1-3-5-12/h1-11,22-24H. The van der Waals surface area contributed by atoms with Crippen molar-refractivity contribution in [1.82, 2.24) is 0 Å². The van der Waals surface area contributed by atoms with E-state index in [1.807, 2.05) is 30.3 Å². The van der Waals surface area contributed by atoms with Crippen molar-refractivity contribution in [1.29, 1.82) is 0 Å². The number of hydrogen-bond acceptors (Lipinski definition) is 5. The predicted octanol–water partition coefficient (Wildman–Crippen LogP) is 4.24. The Balaban J connectivity index is 1.95. The summed E-state index contributed by atoms with van der Waals surface area (Å²) in [5, 5.41) is 29.5. The Hall–Kier alpha value is -3.73. The molecule has 4 aromatic rings. The first-order chi connectivity index (χ1) is 12.5. The van der Waals surface area contributed by atoms with Crippen molar-refractivity contribution < 1.29 is 19.7 Å². The highest BCUT2D eigenvalue weighted by atomic mass is 16.3. The van der Waals surface area contributed by atoms with E-state index >= 15 is 0 Å². The van der Waals surface area contributed by atoms with Gasteiger partial charge in [-0.2, -0.15) is 0 Å². The van der Waals surface area contributed by atoms with E-state index < -0.39 is 5.43 Å². The third-order valence-corrected chi connectivity index (χ3v) is 4.18. The molecule has 0 bridgehead atoms. The predicted molar refractivity (Wildman–Crippen MR) is 98.4 cm³/mol. The molecule has 0 aliphatic carbocycles.